The molecule has 2 aliphatic rings. The summed E-state index contributed by atoms with van der Waals surface area (Å²) in [6, 6.07) is 0. The summed E-state index contributed by atoms with van der Waals surface area (Å²) in [5.74, 6) is -0.110. The van der Waals surface area contributed by atoms with Crippen LogP contribution in [-0.4, -0.2) is 36.0 Å². The number of hydrogen-bond donors (Lipinski definition) is 1. The average molecular weight is 212 g/mol. The number of carbonyl (C=O) groups excluding carboxylic acids is 1. The highest BCUT2D eigenvalue weighted by molar-refractivity contribution is 5.76. The van der Waals surface area contributed by atoms with Crippen molar-refractivity contribution in [2.24, 2.45) is 5.92 Å². The van der Waals surface area contributed by atoms with E-state index in [1.165, 1.54) is 0 Å². The lowest BCUT2D eigenvalue weighted by Crippen LogP contribution is -2.30. The van der Waals surface area contributed by atoms with Crippen LogP contribution in [0.25, 0.3) is 0 Å². The van der Waals surface area contributed by atoms with E-state index >= 15 is 0 Å². The zero-order valence-electron chi connectivity index (χ0n) is 8.76. The number of rotatable bonds is 4. The lowest BCUT2D eigenvalue weighted by atomic mass is 10.0. The number of carbonyl (C=O) groups is 1. The second-order valence-corrected chi connectivity index (χ2v) is 4.18. The Morgan fingerprint density at radius 1 is 1.67 bits per heavy atom. The summed E-state index contributed by atoms with van der Waals surface area (Å²) >= 11 is 0. The van der Waals surface area contributed by atoms with Crippen LogP contribution in [0, 0.1) is 5.92 Å². The zero-order chi connectivity index (χ0) is 10.8. The molecule has 1 aliphatic heterocycles. The Balaban J connectivity index is 1.75. The summed E-state index contributed by atoms with van der Waals surface area (Å²) in [6.07, 6.45) is 4.63. The van der Waals surface area contributed by atoms with Gasteiger partial charge in [0.25, 0.3) is 0 Å². The minimum absolute atomic E-state index is 0.101. The van der Waals surface area contributed by atoms with E-state index in [1.807, 2.05) is 12.2 Å². The number of esters is 1. The fraction of sp³-hybridized carbons (Fsp3) is 0.727. The predicted molar refractivity (Wildman–Crippen MR) is 53.2 cm³/mol. The minimum Gasteiger partial charge on any atom is -0.464 e. The maximum atomic E-state index is 11.6. The molecular weight excluding hydrogens is 196 g/mol. The zero-order valence-corrected chi connectivity index (χ0v) is 8.76. The fourth-order valence-electron chi connectivity index (χ4n) is 1.95. The Kier molecular flexibility index (Phi) is 3.07. The third-order valence-corrected chi connectivity index (χ3v) is 2.80. The molecule has 0 aromatic carbocycles. The molecule has 2 rings (SSSR count). The Labute approximate surface area is 88.9 Å². The molecule has 4 unspecified atom stereocenters. The molecule has 4 heteroatoms. The standard InChI is InChI=1S/C11H16O4/c1-7(12)4-5-14-11(13)10-8-2-3-9(6-8)15-10/h2-3,7-10,12H,4-6H2,1H3. The molecule has 0 aromatic heterocycles. The second kappa shape index (κ2) is 4.33. The van der Waals surface area contributed by atoms with Gasteiger partial charge < -0.3 is 14.6 Å². The van der Waals surface area contributed by atoms with Crippen LogP contribution in [-0.2, 0) is 14.3 Å². The quantitative estimate of drug-likeness (QED) is 0.549. The smallest absolute Gasteiger partial charge is 0.335 e. The van der Waals surface area contributed by atoms with Crippen molar-refractivity contribution in [3.05, 3.63) is 12.2 Å². The first-order valence-corrected chi connectivity index (χ1v) is 5.35. The highest BCUT2D eigenvalue weighted by atomic mass is 16.6. The second-order valence-electron chi connectivity index (χ2n) is 4.18. The Bertz CT molecular complexity index is 272. The summed E-state index contributed by atoms with van der Waals surface area (Å²) in [7, 11) is 0. The van der Waals surface area contributed by atoms with Crippen LogP contribution in [0.3, 0.4) is 0 Å². The molecule has 0 aromatic rings. The van der Waals surface area contributed by atoms with E-state index in [0.29, 0.717) is 6.42 Å². The van der Waals surface area contributed by atoms with E-state index < -0.39 is 12.2 Å². The molecule has 4 nitrogen and oxygen atoms in total. The highest BCUT2D eigenvalue weighted by Gasteiger charge is 2.41. The van der Waals surface area contributed by atoms with Gasteiger partial charge in [-0.2, -0.15) is 0 Å². The van der Waals surface area contributed by atoms with Gasteiger partial charge in [-0.05, 0) is 13.3 Å². The van der Waals surface area contributed by atoms with Crippen molar-refractivity contribution in [1.82, 2.24) is 0 Å². The molecule has 0 radical (unpaired) electrons. The SMILES string of the molecule is CC(O)CCOC(=O)C1OC2C=CC1C2. The topological polar surface area (TPSA) is 55.8 Å². The number of ether oxygens (including phenoxy) is 2. The van der Waals surface area contributed by atoms with Crippen molar-refractivity contribution >= 4 is 5.97 Å². The molecule has 1 heterocycles. The van der Waals surface area contributed by atoms with Crippen LogP contribution in [0.2, 0.25) is 0 Å². The molecule has 1 N–H and O–H groups in total. The summed E-state index contributed by atoms with van der Waals surface area (Å²) in [4.78, 5) is 11.6. The maximum Gasteiger partial charge on any atom is 0.335 e. The van der Waals surface area contributed by atoms with Gasteiger partial charge in [-0.25, -0.2) is 4.79 Å². The van der Waals surface area contributed by atoms with E-state index in [1.54, 1.807) is 6.92 Å². The summed E-state index contributed by atoms with van der Waals surface area (Å²) in [5, 5.41) is 9.00. The fourth-order valence-corrected chi connectivity index (χ4v) is 1.95. The van der Waals surface area contributed by atoms with Crippen LogP contribution < -0.4 is 0 Å². The van der Waals surface area contributed by atoms with Crippen LogP contribution in [0.15, 0.2) is 12.2 Å². The van der Waals surface area contributed by atoms with Crippen molar-refractivity contribution in [2.45, 2.75) is 38.1 Å². The van der Waals surface area contributed by atoms with E-state index in [9.17, 15) is 4.79 Å². The third kappa shape index (κ3) is 2.38. The van der Waals surface area contributed by atoms with E-state index in [4.69, 9.17) is 14.6 Å². The monoisotopic (exact) mass is 212 g/mol. The van der Waals surface area contributed by atoms with Crippen LogP contribution in [0.4, 0.5) is 0 Å². The first-order valence-electron chi connectivity index (χ1n) is 5.35. The van der Waals surface area contributed by atoms with E-state index in [0.717, 1.165) is 6.42 Å². The number of aliphatic hydroxyl groups is 1. The van der Waals surface area contributed by atoms with Crippen LogP contribution >= 0.6 is 0 Å². The van der Waals surface area contributed by atoms with Crippen LogP contribution in [0.5, 0.6) is 0 Å². The lowest BCUT2D eigenvalue weighted by Gasteiger charge is -2.17. The van der Waals surface area contributed by atoms with Crippen molar-refractivity contribution in [3.63, 3.8) is 0 Å². The van der Waals surface area contributed by atoms with Crippen molar-refractivity contribution < 1.29 is 19.4 Å². The number of fused-ring (bicyclic) bond motifs is 2. The van der Waals surface area contributed by atoms with Crippen LogP contribution in [0.1, 0.15) is 19.8 Å². The van der Waals surface area contributed by atoms with Crippen molar-refractivity contribution in [1.29, 1.82) is 0 Å². The summed E-state index contributed by atoms with van der Waals surface area (Å²) in [6.45, 7) is 1.93. The highest BCUT2D eigenvalue weighted by Crippen LogP contribution is 2.34. The number of aliphatic hydroxyl groups excluding tert-OH is 1. The molecule has 15 heavy (non-hydrogen) atoms. The van der Waals surface area contributed by atoms with Gasteiger partial charge in [-0.3, -0.25) is 0 Å². The van der Waals surface area contributed by atoms with Gasteiger partial charge in [-0.1, -0.05) is 12.2 Å². The van der Waals surface area contributed by atoms with E-state index in [-0.39, 0.29) is 24.6 Å². The Morgan fingerprint density at radius 2 is 2.47 bits per heavy atom. The Hall–Kier alpha value is -0.870. The van der Waals surface area contributed by atoms with Crippen molar-refractivity contribution in [3.8, 4) is 0 Å². The van der Waals surface area contributed by atoms with Gasteiger partial charge in [0.1, 0.15) is 0 Å². The molecule has 1 saturated heterocycles. The summed E-state index contributed by atoms with van der Waals surface area (Å²) in [5.41, 5.74) is 0. The molecule has 4 atom stereocenters. The third-order valence-electron chi connectivity index (χ3n) is 2.80. The molecule has 1 aliphatic carbocycles. The van der Waals surface area contributed by atoms with Gasteiger partial charge in [-0.15, -0.1) is 0 Å². The molecule has 1 fully saturated rings. The molecular formula is C11H16O4. The van der Waals surface area contributed by atoms with Gasteiger partial charge in [0, 0.05) is 12.3 Å². The summed E-state index contributed by atoms with van der Waals surface area (Å²) < 4.78 is 10.5. The van der Waals surface area contributed by atoms with Gasteiger partial charge >= 0.3 is 5.97 Å². The maximum absolute atomic E-state index is 11.6. The largest absolute Gasteiger partial charge is 0.464 e. The van der Waals surface area contributed by atoms with Gasteiger partial charge in [0.15, 0.2) is 6.10 Å². The normalized spacial score (nSPS) is 34.4. The molecule has 84 valence electrons. The molecule has 0 saturated carbocycles. The predicted octanol–water partition coefficient (Wildman–Crippen LogP) is 0.644. The first kappa shape index (κ1) is 10.6. The van der Waals surface area contributed by atoms with Gasteiger partial charge in [0.05, 0.1) is 18.8 Å². The lowest BCUT2D eigenvalue weighted by molar-refractivity contribution is -0.157. The number of hydrogen-bond acceptors (Lipinski definition) is 4. The average Bonchev–Trinajstić information content (AvgIpc) is 2.77. The molecule has 2 bridgehead atoms. The van der Waals surface area contributed by atoms with E-state index in [2.05, 4.69) is 0 Å². The Morgan fingerprint density at radius 3 is 3.00 bits per heavy atom. The molecule has 0 spiro atoms. The molecule has 0 amide bonds. The minimum atomic E-state index is -0.432. The first-order chi connectivity index (χ1) is 7.16. The van der Waals surface area contributed by atoms with Crippen molar-refractivity contribution in [2.75, 3.05) is 6.61 Å². The van der Waals surface area contributed by atoms with Gasteiger partial charge in [0.2, 0.25) is 0 Å².